The van der Waals surface area contributed by atoms with E-state index in [-0.39, 0.29) is 6.42 Å². The highest BCUT2D eigenvalue weighted by Crippen LogP contribution is 2.15. The number of nitrogens with zero attached hydrogens (tertiary/aromatic N) is 5. The quantitative estimate of drug-likeness (QED) is 0.326. The molecule has 24 heavy (non-hydrogen) atoms. The smallest absolute Gasteiger partial charge is 0.303 e. The van der Waals surface area contributed by atoms with Crippen molar-refractivity contribution in [2.75, 3.05) is 19.6 Å². The van der Waals surface area contributed by atoms with Gasteiger partial charge in [0.05, 0.1) is 0 Å². The maximum Gasteiger partial charge on any atom is 0.303 e. The Labute approximate surface area is 143 Å². The number of carboxylic acid groups (broad SMARTS) is 1. The second-order valence-electron chi connectivity index (χ2n) is 5.39. The largest absolute Gasteiger partial charge is 0.481 e. The number of carboxylic acids is 1. The zero-order valence-electron chi connectivity index (χ0n) is 13.0. The van der Waals surface area contributed by atoms with E-state index in [0.29, 0.717) is 50.1 Å². The van der Waals surface area contributed by atoms with Crippen LogP contribution in [0.3, 0.4) is 0 Å². The van der Waals surface area contributed by atoms with Crippen molar-refractivity contribution >= 4 is 23.5 Å². The molecule has 1 fully saturated rings. The summed E-state index contributed by atoms with van der Waals surface area (Å²) >= 11 is 5.75. The van der Waals surface area contributed by atoms with Gasteiger partial charge in [-0.2, -0.15) is 0 Å². The molecule has 10 heteroatoms. The summed E-state index contributed by atoms with van der Waals surface area (Å²) in [6.45, 7) is 2.20. The third-order valence-corrected chi connectivity index (χ3v) is 3.83. The molecule has 0 aromatic carbocycles. The molecular formula is C14H18ClN5O4. The Balaban J connectivity index is 1.99. The molecule has 0 spiro atoms. The molecule has 130 valence electrons. The van der Waals surface area contributed by atoms with Gasteiger partial charge in [-0.05, 0) is 24.5 Å². The fourth-order valence-corrected chi connectivity index (χ4v) is 2.61. The van der Waals surface area contributed by atoms with Gasteiger partial charge in [-0.15, -0.1) is 0 Å². The normalized spacial score (nSPS) is 16.0. The van der Waals surface area contributed by atoms with E-state index < -0.39 is 11.0 Å². The lowest BCUT2D eigenvalue weighted by atomic mass is 10.2. The zero-order chi connectivity index (χ0) is 17.5. The van der Waals surface area contributed by atoms with Gasteiger partial charge in [0.15, 0.2) is 5.03 Å². The molecule has 0 saturated carbocycles. The predicted octanol–water partition coefficient (Wildman–Crippen LogP) is 1.66. The number of aromatic nitrogens is 1. The van der Waals surface area contributed by atoms with Crippen LogP contribution in [0.5, 0.6) is 0 Å². The summed E-state index contributed by atoms with van der Waals surface area (Å²) in [7, 11) is 0. The van der Waals surface area contributed by atoms with E-state index in [1.807, 2.05) is 15.9 Å². The average Bonchev–Trinajstić information content (AvgIpc) is 2.87. The SMILES string of the molecule is O=C(O)CCCCN1CCN(Cc2ccc(Cl)nc2)C1=N[N+](=O)[O-]. The van der Waals surface area contributed by atoms with Crippen LogP contribution in [0.4, 0.5) is 0 Å². The molecule has 1 aromatic rings. The van der Waals surface area contributed by atoms with Crippen LogP contribution in [-0.2, 0) is 11.3 Å². The maximum absolute atomic E-state index is 10.8. The van der Waals surface area contributed by atoms with E-state index >= 15 is 0 Å². The lowest BCUT2D eigenvalue weighted by molar-refractivity contribution is -0.486. The van der Waals surface area contributed by atoms with Crippen LogP contribution in [0.25, 0.3) is 0 Å². The number of hydrazone groups is 1. The number of unbranched alkanes of at least 4 members (excludes halogenated alkanes) is 1. The van der Waals surface area contributed by atoms with Crippen LogP contribution in [0, 0.1) is 10.1 Å². The number of pyridine rings is 1. The first-order valence-electron chi connectivity index (χ1n) is 7.51. The lowest BCUT2D eigenvalue weighted by Gasteiger charge is -2.20. The molecule has 1 aliphatic rings. The summed E-state index contributed by atoms with van der Waals surface area (Å²) in [4.78, 5) is 29.0. The Morgan fingerprint density at radius 3 is 2.75 bits per heavy atom. The number of hydrogen-bond acceptors (Lipinski definition) is 4. The maximum atomic E-state index is 10.8. The van der Waals surface area contributed by atoms with E-state index in [1.54, 1.807) is 12.3 Å². The van der Waals surface area contributed by atoms with E-state index in [1.165, 1.54) is 0 Å². The van der Waals surface area contributed by atoms with Crippen molar-refractivity contribution in [2.24, 2.45) is 5.10 Å². The van der Waals surface area contributed by atoms with Crippen molar-refractivity contribution in [3.05, 3.63) is 39.2 Å². The molecule has 0 unspecified atom stereocenters. The van der Waals surface area contributed by atoms with E-state index in [0.717, 1.165) is 5.56 Å². The second kappa shape index (κ2) is 8.44. The number of hydrogen-bond donors (Lipinski definition) is 1. The van der Waals surface area contributed by atoms with Crippen molar-refractivity contribution in [1.29, 1.82) is 0 Å². The zero-order valence-corrected chi connectivity index (χ0v) is 13.7. The molecule has 9 nitrogen and oxygen atoms in total. The van der Waals surface area contributed by atoms with Gasteiger partial charge < -0.3 is 14.9 Å². The molecule has 2 heterocycles. The van der Waals surface area contributed by atoms with Gasteiger partial charge in [-0.3, -0.25) is 4.79 Å². The first-order valence-corrected chi connectivity index (χ1v) is 7.88. The van der Waals surface area contributed by atoms with Gasteiger partial charge in [0, 0.05) is 38.8 Å². The molecule has 1 N–H and O–H groups in total. The molecule has 2 rings (SSSR count). The van der Waals surface area contributed by atoms with Crippen LogP contribution in [0.15, 0.2) is 23.4 Å². The van der Waals surface area contributed by atoms with Gasteiger partial charge in [0.25, 0.3) is 5.96 Å². The second-order valence-corrected chi connectivity index (χ2v) is 5.77. The van der Waals surface area contributed by atoms with Gasteiger partial charge in [0.1, 0.15) is 10.3 Å². The summed E-state index contributed by atoms with van der Waals surface area (Å²) in [6, 6.07) is 3.48. The third kappa shape index (κ3) is 5.34. The number of rotatable bonds is 8. The highest BCUT2D eigenvalue weighted by atomic mass is 35.5. The Hall–Kier alpha value is -2.42. The van der Waals surface area contributed by atoms with Crippen molar-refractivity contribution in [1.82, 2.24) is 14.8 Å². The Morgan fingerprint density at radius 1 is 1.38 bits per heavy atom. The minimum Gasteiger partial charge on any atom is -0.481 e. The Kier molecular flexibility index (Phi) is 6.30. The summed E-state index contributed by atoms with van der Waals surface area (Å²) < 4.78 is 0. The fraction of sp³-hybridized carbons (Fsp3) is 0.500. The highest BCUT2D eigenvalue weighted by molar-refractivity contribution is 6.29. The van der Waals surface area contributed by atoms with E-state index in [4.69, 9.17) is 16.7 Å². The molecular weight excluding hydrogens is 338 g/mol. The van der Waals surface area contributed by atoms with Crippen molar-refractivity contribution in [3.63, 3.8) is 0 Å². The van der Waals surface area contributed by atoms with Crippen LogP contribution in [0.1, 0.15) is 24.8 Å². The van der Waals surface area contributed by atoms with Gasteiger partial charge in [0.2, 0.25) is 0 Å². The molecule has 0 aliphatic carbocycles. The van der Waals surface area contributed by atoms with Crippen LogP contribution in [-0.4, -0.2) is 56.5 Å². The Morgan fingerprint density at radius 2 is 2.12 bits per heavy atom. The molecule has 1 saturated heterocycles. The van der Waals surface area contributed by atoms with Crippen LogP contribution >= 0.6 is 11.6 Å². The van der Waals surface area contributed by atoms with Gasteiger partial charge >= 0.3 is 5.97 Å². The highest BCUT2D eigenvalue weighted by Gasteiger charge is 2.29. The molecule has 0 atom stereocenters. The monoisotopic (exact) mass is 355 g/mol. The number of guanidine groups is 1. The summed E-state index contributed by atoms with van der Waals surface area (Å²) in [6.07, 6.45) is 2.88. The molecule has 1 aliphatic heterocycles. The number of nitro groups is 1. The van der Waals surface area contributed by atoms with Crippen molar-refractivity contribution in [3.8, 4) is 0 Å². The number of halogens is 1. The first-order chi connectivity index (χ1) is 11.5. The van der Waals surface area contributed by atoms with E-state index in [2.05, 4.69) is 10.1 Å². The van der Waals surface area contributed by atoms with E-state index in [9.17, 15) is 14.9 Å². The molecule has 0 amide bonds. The summed E-state index contributed by atoms with van der Waals surface area (Å²) in [5, 5.41) is 22.6. The third-order valence-electron chi connectivity index (χ3n) is 3.61. The standard InChI is InChI=1S/C14H18ClN5O4/c15-12-5-4-11(9-16-12)10-19-8-7-18(14(19)17-20(23)24)6-2-1-3-13(21)22/h4-5,9H,1-3,6-8,10H2,(H,21,22). The Bertz CT molecular complexity index is 622. The van der Waals surface area contributed by atoms with Crippen LogP contribution in [0.2, 0.25) is 5.15 Å². The van der Waals surface area contributed by atoms with Crippen LogP contribution < -0.4 is 0 Å². The van der Waals surface area contributed by atoms with Gasteiger partial charge in [-0.25, -0.2) is 15.1 Å². The van der Waals surface area contributed by atoms with Gasteiger partial charge in [-0.1, -0.05) is 17.7 Å². The summed E-state index contributed by atoms with van der Waals surface area (Å²) in [5.74, 6) is -0.544. The lowest BCUT2D eigenvalue weighted by Crippen LogP contribution is -2.34. The predicted molar refractivity (Wildman–Crippen MR) is 87.1 cm³/mol. The number of carbonyl (C=O) groups is 1. The molecule has 1 aromatic heterocycles. The van der Waals surface area contributed by atoms with Crippen molar-refractivity contribution < 1.29 is 14.9 Å². The molecule has 0 bridgehead atoms. The van der Waals surface area contributed by atoms with Crippen molar-refractivity contribution in [2.45, 2.75) is 25.8 Å². The number of aliphatic carboxylic acids is 1. The average molecular weight is 356 g/mol. The summed E-state index contributed by atoms with van der Waals surface area (Å²) in [5.41, 5.74) is 0.878. The topological polar surface area (TPSA) is 112 Å². The minimum atomic E-state index is -0.840. The fourth-order valence-electron chi connectivity index (χ4n) is 2.50. The molecule has 0 radical (unpaired) electrons. The minimum absolute atomic E-state index is 0.0930. The first kappa shape index (κ1) is 17.9.